The van der Waals surface area contributed by atoms with Crippen LogP contribution in [0.5, 0.6) is 0 Å². The molecule has 2 heterocycles. The SMILES string of the molecule is Cc1cn(CC(C)C)c(NCCN2CCOCC2)n1. The fourth-order valence-corrected chi connectivity index (χ4v) is 2.37. The number of hydrogen-bond acceptors (Lipinski definition) is 4. The van der Waals surface area contributed by atoms with E-state index in [-0.39, 0.29) is 0 Å². The molecule has 1 aliphatic rings. The zero-order valence-electron chi connectivity index (χ0n) is 12.4. The number of morpholine rings is 1. The molecule has 1 aromatic heterocycles. The van der Waals surface area contributed by atoms with Crippen LogP contribution < -0.4 is 5.32 Å². The van der Waals surface area contributed by atoms with Gasteiger partial charge in [0.1, 0.15) is 0 Å². The van der Waals surface area contributed by atoms with Gasteiger partial charge in [0.25, 0.3) is 0 Å². The van der Waals surface area contributed by atoms with Gasteiger partial charge in [-0.2, -0.15) is 0 Å². The van der Waals surface area contributed by atoms with Crippen LogP contribution in [-0.4, -0.2) is 53.8 Å². The lowest BCUT2D eigenvalue weighted by atomic mass is 10.2. The van der Waals surface area contributed by atoms with Gasteiger partial charge in [0.05, 0.1) is 18.9 Å². The minimum absolute atomic E-state index is 0.633. The number of rotatable bonds is 6. The number of aryl methyl sites for hydroxylation is 1. The zero-order chi connectivity index (χ0) is 13.7. The number of aromatic nitrogens is 2. The monoisotopic (exact) mass is 266 g/mol. The number of nitrogens with one attached hydrogen (secondary N) is 1. The van der Waals surface area contributed by atoms with Crippen LogP contribution in [0.3, 0.4) is 0 Å². The van der Waals surface area contributed by atoms with E-state index >= 15 is 0 Å². The van der Waals surface area contributed by atoms with Gasteiger partial charge in [-0.25, -0.2) is 4.98 Å². The molecule has 0 amide bonds. The Hall–Kier alpha value is -1.07. The van der Waals surface area contributed by atoms with E-state index in [1.165, 1.54) is 0 Å². The van der Waals surface area contributed by atoms with E-state index in [2.05, 4.69) is 39.8 Å². The molecule has 19 heavy (non-hydrogen) atoms. The van der Waals surface area contributed by atoms with Crippen LogP contribution >= 0.6 is 0 Å². The molecule has 5 heteroatoms. The summed E-state index contributed by atoms with van der Waals surface area (Å²) in [7, 11) is 0. The molecular formula is C14H26N4O. The number of anilines is 1. The molecule has 1 fully saturated rings. The highest BCUT2D eigenvalue weighted by Gasteiger charge is 2.11. The molecule has 0 spiro atoms. The van der Waals surface area contributed by atoms with Gasteiger partial charge >= 0.3 is 0 Å². The van der Waals surface area contributed by atoms with Crippen LogP contribution in [0, 0.1) is 12.8 Å². The van der Waals surface area contributed by atoms with Crippen molar-refractivity contribution in [2.75, 3.05) is 44.7 Å². The maximum Gasteiger partial charge on any atom is 0.203 e. The summed E-state index contributed by atoms with van der Waals surface area (Å²) in [5.74, 6) is 1.63. The van der Waals surface area contributed by atoms with Crippen molar-refractivity contribution in [1.82, 2.24) is 14.5 Å². The quantitative estimate of drug-likeness (QED) is 0.849. The lowest BCUT2D eigenvalue weighted by molar-refractivity contribution is 0.0398. The van der Waals surface area contributed by atoms with Crippen molar-refractivity contribution in [2.45, 2.75) is 27.3 Å². The molecule has 1 aliphatic heterocycles. The third-order valence-electron chi connectivity index (χ3n) is 3.27. The van der Waals surface area contributed by atoms with Gasteiger partial charge in [-0.3, -0.25) is 4.90 Å². The van der Waals surface area contributed by atoms with E-state index in [1.54, 1.807) is 0 Å². The van der Waals surface area contributed by atoms with E-state index in [4.69, 9.17) is 4.74 Å². The van der Waals surface area contributed by atoms with Gasteiger partial charge in [-0.15, -0.1) is 0 Å². The average molecular weight is 266 g/mol. The summed E-state index contributed by atoms with van der Waals surface area (Å²) in [6.45, 7) is 13.3. The lowest BCUT2D eigenvalue weighted by Gasteiger charge is -2.26. The largest absolute Gasteiger partial charge is 0.379 e. The van der Waals surface area contributed by atoms with Gasteiger partial charge < -0.3 is 14.6 Å². The normalized spacial score (nSPS) is 17.1. The Kier molecular flexibility index (Phi) is 5.22. The predicted octanol–water partition coefficient (Wildman–Crippen LogP) is 1.59. The second kappa shape index (κ2) is 6.91. The summed E-state index contributed by atoms with van der Waals surface area (Å²) < 4.78 is 7.57. The maximum atomic E-state index is 5.35. The Morgan fingerprint density at radius 2 is 2.11 bits per heavy atom. The molecule has 108 valence electrons. The Morgan fingerprint density at radius 3 is 2.79 bits per heavy atom. The molecule has 0 unspecified atom stereocenters. The highest BCUT2D eigenvalue weighted by atomic mass is 16.5. The molecular weight excluding hydrogens is 240 g/mol. The first kappa shape index (κ1) is 14.3. The summed E-state index contributed by atoms with van der Waals surface area (Å²) in [6.07, 6.45) is 2.12. The van der Waals surface area contributed by atoms with Crippen LogP contribution in [-0.2, 0) is 11.3 Å². The zero-order valence-corrected chi connectivity index (χ0v) is 12.4. The topological polar surface area (TPSA) is 42.3 Å². The van der Waals surface area contributed by atoms with Crippen LogP contribution in [0.4, 0.5) is 5.95 Å². The van der Waals surface area contributed by atoms with Gasteiger partial charge in [0.2, 0.25) is 5.95 Å². The summed E-state index contributed by atoms with van der Waals surface area (Å²) in [6, 6.07) is 0. The molecule has 2 rings (SSSR count). The highest BCUT2D eigenvalue weighted by molar-refractivity contribution is 5.28. The third-order valence-corrected chi connectivity index (χ3v) is 3.27. The first-order valence-corrected chi connectivity index (χ1v) is 7.23. The van der Waals surface area contributed by atoms with Crippen LogP contribution in [0.1, 0.15) is 19.5 Å². The standard InChI is InChI=1S/C14H26N4O/c1-12(2)10-18-11-13(3)16-14(18)15-4-5-17-6-8-19-9-7-17/h11-12H,4-10H2,1-3H3,(H,15,16). The third kappa shape index (κ3) is 4.51. The van der Waals surface area contributed by atoms with Crippen molar-refractivity contribution in [3.8, 4) is 0 Å². The average Bonchev–Trinajstić information content (AvgIpc) is 2.70. The summed E-state index contributed by atoms with van der Waals surface area (Å²) in [5.41, 5.74) is 1.08. The molecule has 0 bridgehead atoms. The van der Waals surface area contributed by atoms with Gasteiger partial charge in [0, 0.05) is 38.9 Å². The second-order valence-corrected chi connectivity index (χ2v) is 5.63. The Morgan fingerprint density at radius 1 is 1.37 bits per heavy atom. The molecule has 0 saturated carbocycles. The summed E-state index contributed by atoms with van der Waals surface area (Å²) in [5, 5.41) is 3.46. The Labute approximate surface area is 116 Å². The minimum Gasteiger partial charge on any atom is -0.379 e. The van der Waals surface area contributed by atoms with E-state index < -0.39 is 0 Å². The molecule has 1 aromatic rings. The minimum atomic E-state index is 0.633. The van der Waals surface area contributed by atoms with E-state index in [1.807, 2.05) is 6.92 Å². The summed E-state index contributed by atoms with van der Waals surface area (Å²) >= 11 is 0. The van der Waals surface area contributed by atoms with Crippen molar-refractivity contribution in [3.05, 3.63) is 11.9 Å². The molecule has 0 atom stereocenters. The fraction of sp³-hybridized carbons (Fsp3) is 0.786. The second-order valence-electron chi connectivity index (χ2n) is 5.63. The van der Waals surface area contributed by atoms with Crippen molar-refractivity contribution >= 4 is 5.95 Å². The first-order chi connectivity index (χ1) is 9.15. The highest BCUT2D eigenvalue weighted by Crippen LogP contribution is 2.11. The Bertz CT molecular complexity index is 383. The number of imidazole rings is 1. The van der Waals surface area contributed by atoms with E-state index in [0.29, 0.717) is 5.92 Å². The maximum absolute atomic E-state index is 5.35. The Balaban J connectivity index is 1.81. The lowest BCUT2D eigenvalue weighted by Crippen LogP contribution is -2.39. The predicted molar refractivity (Wildman–Crippen MR) is 77.6 cm³/mol. The molecule has 0 aliphatic carbocycles. The van der Waals surface area contributed by atoms with Crippen molar-refractivity contribution in [3.63, 3.8) is 0 Å². The number of hydrogen-bond donors (Lipinski definition) is 1. The fourth-order valence-electron chi connectivity index (χ4n) is 2.37. The van der Waals surface area contributed by atoms with Gasteiger partial charge in [-0.05, 0) is 12.8 Å². The van der Waals surface area contributed by atoms with Crippen molar-refractivity contribution in [2.24, 2.45) is 5.92 Å². The molecule has 5 nitrogen and oxygen atoms in total. The molecule has 0 radical (unpaired) electrons. The van der Waals surface area contributed by atoms with Gasteiger partial charge in [0.15, 0.2) is 0 Å². The molecule has 1 saturated heterocycles. The van der Waals surface area contributed by atoms with Gasteiger partial charge in [-0.1, -0.05) is 13.8 Å². The smallest absolute Gasteiger partial charge is 0.203 e. The molecule has 1 N–H and O–H groups in total. The number of ether oxygens (including phenoxy) is 1. The van der Waals surface area contributed by atoms with Crippen molar-refractivity contribution in [1.29, 1.82) is 0 Å². The van der Waals surface area contributed by atoms with E-state index in [9.17, 15) is 0 Å². The van der Waals surface area contributed by atoms with Crippen molar-refractivity contribution < 1.29 is 4.74 Å². The van der Waals surface area contributed by atoms with E-state index in [0.717, 1.165) is 57.6 Å². The first-order valence-electron chi connectivity index (χ1n) is 7.23. The van der Waals surface area contributed by atoms with Crippen LogP contribution in [0.25, 0.3) is 0 Å². The number of nitrogens with zero attached hydrogens (tertiary/aromatic N) is 3. The summed E-state index contributed by atoms with van der Waals surface area (Å²) in [4.78, 5) is 6.98. The van der Waals surface area contributed by atoms with Crippen LogP contribution in [0.2, 0.25) is 0 Å². The molecule has 0 aromatic carbocycles. The van der Waals surface area contributed by atoms with Crippen LogP contribution in [0.15, 0.2) is 6.20 Å².